The minimum absolute atomic E-state index is 0.214. The fraction of sp³-hybridized carbons (Fsp3) is 0.250. The summed E-state index contributed by atoms with van der Waals surface area (Å²) in [5, 5.41) is 0. The Morgan fingerprint density at radius 3 is 2.76 bits per heavy atom. The molecule has 0 bridgehead atoms. The fourth-order valence-electron chi connectivity index (χ4n) is 1.73. The number of nitrogens with one attached hydrogen (secondary N) is 1. The van der Waals surface area contributed by atoms with Crippen LogP contribution in [-0.2, 0) is 0 Å². The van der Waals surface area contributed by atoms with E-state index in [0.29, 0.717) is 10.2 Å². The lowest BCUT2D eigenvalue weighted by Crippen LogP contribution is -1.99. The largest absolute Gasteiger partial charge is 0.345 e. The van der Waals surface area contributed by atoms with Gasteiger partial charge in [0.1, 0.15) is 10.5 Å². The van der Waals surface area contributed by atoms with Gasteiger partial charge in [0.15, 0.2) is 0 Å². The first-order chi connectivity index (χ1) is 8.09. The average Bonchev–Trinajstić information content (AvgIpc) is 2.28. The number of hydrogen-bond acceptors (Lipinski definition) is 3. The van der Waals surface area contributed by atoms with Gasteiger partial charge in [0.05, 0.1) is 18.2 Å². The molecule has 88 valence electrons. The van der Waals surface area contributed by atoms with Crippen LogP contribution < -0.4 is 0 Å². The molecule has 0 spiro atoms. The highest BCUT2D eigenvalue weighted by molar-refractivity contribution is 7.71. The van der Waals surface area contributed by atoms with E-state index in [2.05, 4.69) is 15.0 Å². The standard InChI is InChI=1S/C12H12FN3S/c1-7(2)10-11(15-6-16-12(10)17)8-3-9(13)5-14-4-8/h3-7H,1-2H3,(H,15,16,17). The number of hydrogen-bond donors (Lipinski definition) is 1. The van der Waals surface area contributed by atoms with Crippen molar-refractivity contribution in [2.24, 2.45) is 0 Å². The number of pyridine rings is 1. The Bertz CT molecular complexity index is 592. The van der Waals surface area contributed by atoms with Crippen molar-refractivity contribution >= 4 is 12.2 Å². The van der Waals surface area contributed by atoms with E-state index < -0.39 is 0 Å². The molecule has 0 radical (unpaired) electrons. The van der Waals surface area contributed by atoms with Gasteiger partial charge in [-0.15, -0.1) is 0 Å². The molecule has 0 aliphatic rings. The van der Waals surface area contributed by atoms with Gasteiger partial charge < -0.3 is 4.98 Å². The summed E-state index contributed by atoms with van der Waals surface area (Å²) in [6, 6.07) is 1.43. The Labute approximate surface area is 104 Å². The fourth-order valence-corrected chi connectivity index (χ4v) is 2.12. The van der Waals surface area contributed by atoms with Gasteiger partial charge in [-0.05, 0) is 12.0 Å². The van der Waals surface area contributed by atoms with Gasteiger partial charge in [0.2, 0.25) is 0 Å². The maximum Gasteiger partial charge on any atom is 0.142 e. The summed E-state index contributed by atoms with van der Waals surface area (Å²) in [5.41, 5.74) is 2.38. The van der Waals surface area contributed by atoms with Crippen LogP contribution >= 0.6 is 12.2 Å². The predicted molar refractivity (Wildman–Crippen MR) is 66.7 cm³/mol. The number of aromatic amines is 1. The molecule has 5 heteroatoms. The van der Waals surface area contributed by atoms with Crippen LogP contribution in [0.25, 0.3) is 11.3 Å². The molecule has 2 heterocycles. The van der Waals surface area contributed by atoms with E-state index in [1.54, 1.807) is 6.20 Å². The van der Waals surface area contributed by atoms with Gasteiger partial charge in [-0.1, -0.05) is 26.1 Å². The molecule has 0 aliphatic carbocycles. The quantitative estimate of drug-likeness (QED) is 0.829. The molecule has 2 aromatic heterocycles. The summed E-state index contributed by atoms with van der Waals surface area (Å²) in [6.45, 7) is 4.05. The van der Waals surface area contributed by atoms with Crippen LogP contribution in [0.4, 0.5) is 4.39 Å². The lowest BCUT2D eigenvalue weighted by Gasteiger charge is -2.11. The third-order valence-corrected chi connectivity index (χ3v) is 2.79. The number of rotatable bonds is 2. The zero-order chi connectivity index (χ0) is 12.4. The number of nitrogens with zero attached hydrogens (tertiary/aromatic N) is 2. The van der Waals surface area contributed by atoms with Crippen molar-refractivity contribution in [3.63, 3.8) is 0 Å². The topological polar surface area (TPSA) is 41.6 Å². The minimum atomic E-state index is -0.367. The molecule has 2 rings (SSSR count). The van der Waals surface area contributed by atoms with E-state index in [4.69, 9.17) is 12.2 Å². The van der Waals surface area contributed by atoms with Crippen molar-refractivity contribution in [3.8, 4) is 11.3 Å². The lowest BCUT2D eigenvalue weighted by molar-refractivity contribution is 0.622. The summed E-state index contributed by atoms with van der Waals surface area (Å²) in [5.74, 6) is -0.154. The van der Waals surface area contributed by atoms with Crippen LogP contribution in [0, 0.1) is 10.5 Å². The van der Waals surface area contributed by atoms with E-state index >= 15 is 0 Å². The number of halogens is 1. The molecule has 0 saturated carbocycles. The molecule has 0 amide bonds. The molecular formula is C12H12FN3S. The van der Waals surface area contributed by atoms with Crippen molar-refractivity contribution in [2.45, 2.75) is 19.8 Å². The molecule has 0 aliphatic heterocycles. The van der Waals surface area contributed by atoms with Crippen molar-refractivity contribution in [1.29, 1.82) is 0 Å². The van der Waals surface area contributed by atoms with Crippen LogP contribution in [0.15, 0.2) is 24.8 Å². The summed E-state index contributed by atoms with van der Waals surface area (Å²) in [4.78, 5) is 10.9. The highest BCUT2D eigenvalue weighted by atomic mass is 32.1. The van der Waals surface area contributed by atoms with Gasteiger partial charge in [-0.25, -0.2) is 9.37 Å². The van der Waals surface area contributed by atoms with E-state index in [-0.39, 0.29) is 11.7 Å². The Kier molecular flexibility index (Phi) is 3.28. The minimum Gasteiger partial charge on any atom is -0.345 e. The molecule has 0 unspecified atom stereocenters. The molecule has 0 aromatic carbocycles. The highest BCUT2D eigenvalue weighted by Gasteiger charge is 2.12. The average molecular weight is 249 g/mol. The molecule has 0 fully saturated rings. The molecule has 1 N–H and O–H groups in total. The van der Waals surface area contributed by atoms with Gasteiger partial charge in [0, 0.05) is 17.3 Å². The maximum absolute atomic E-state index is 13.2. The smallest absolute Gasteiger partial charge is 0.142 e. The van der Waals surface area contributed by atoms with Crippen molar-refractivity contribution in [1.82, 2.24) is 15.0 Å². The first-order valence-corrected chi connectivity index (χ1v) is 5.69. The Hall–Kier alpha value is -1.62. The third kappa shape index (κ3) is 2.39. The highest BCUT2D eigenvalue weighted by Crippen LogP contribution is 2.27. The van der Waals surface area contributed by atoms with Crippen LogP contribution in [0.3, 0.4) is 0 Å². The summed E-state index contributed by atoms with van der Waals surface area (Å²) < 4.78 is 13.7. The molecule has 17 heavy (non-hydrogen) atoms. The first-order valence-electron chi connectivity index (χ1n) is 5.28. The third-order valence-electron chi connectivity index (χ3n) is 2.46. The Balaban J connectivity index is 2.67. The molecule has 3 nitrogen and oxygen atoms in total. The number of aromatic nitrogens is 3. The second-order valence-electron chi connectivity index (χ2n) is 4.04. The zero-order valence-corrected chi connectivity index (χ0v) is 10.4. The van der Waals surface area contributed by atoms with Crippen molar-refractivity contribution < 1.29 is 4.39 Å². The normalized spacial score (nSPS) is 10.8. The van der Waals surface area contributed by atoms with Crippen LogP contribution in [0.1, 0.15) is 25.3 Å². The first kappa shape index (κ1) is 11.9. The maximum atomic E-state index is 13.2. The van der Waals surface area contributed by atoms with Crippen LogP contribution in [0.2, 0.25) is 0 Å². The van der Waals surface area contributed by atoms with E-state index in [0.717, 1.165) is 11.3 Å². The summed E-state index contributed by atoms with van der Waals surface area (Å²) in [6.07, 6.45) is 4.30. The zero-order valence-electron chi connectivity index (χ0n) is 9.57. The van der Waals surface area contributed by atoms with E-state index in [1.165, 1.54) is 18.6 Å². The second-order valence-corrected chi connectivity index (χ2v) is 4.43. The molecule has 0 atom stereocenters. The van der Waals surface area contributed by atoms with E-state index in [9.17, 15) is 4.39 Å². The SMILES string of the molecule is CC(C)c1c(-c2cncc(F)c2)[nH]cnc1=S. The van der Waals surface area contributed by atoms with Gasteiger partial charge in [0.25, 0.3) is 0 Å². The van der Waals surface area contributed by atoms with Crippen molar-refractivity contribution in [3.05, 3.63) is 40.8 Å². The second kappa shape index (κ2) is 4.71. The monoisotopic (exact) mass is 249 g/mol. The van der Waals surface area contributed by atoms with Crippen LogP contribution in [-0.4, -0.2) is 15.0 Å². The molecular weight excluding hydrogens is 237 g/mol. The Morgan fingerprint density at radius 1 is 1.35 bits per heavy atom. The summed E-state index contributed by atoms with van der Waals surface area (Å²) in [7, 11) is 0. The lowest BCUT2D eigenvalue weighted by atomic mass is 10.00. The molecule has 0 saturated heterocycles. The van der Waals surface area contributed by atoms with Crippen LogP contribution in [0.5, 0.6) is 0 Å². The summed E-state index contributed by atoms with van der Waals surface area (Å²) >= 11 is 5.20. The van der Waals surface area contributed by atoms with Gasteiger partial charge >= 0.3 is 0 Å². The van der Waals surface area contributed by atoms with Gasteiger partial charge in [-0.2, -0.15) is 0 Å². The van der Waals surface area contributed by atoms with Gasteiger partial charge in [-0.3, -0.25) is 4.98 Å². The Morgan fingerprint density at radius 2 is 2.12 bits per heavy atom. The van der Waals surface area contributed by atoms with E-state index in [1.807, 2.05) is 13.8 Å². The van der Waals surface area contributed by atoms with Crippen molar-refractivity contribution in [2.75, 3.05) is 0 Å². The predicted octanol–water partition coefficient (Wildman–Crippen LogP) is 3.46. The molecule has 2 aromatic rings. The number of H-pyrrole nitrogens is 1.